The van der Waals surface area contributed by atoms with Crippen molar-refractivity contribution in [3.63, 3.8) is 0 Å². The number of anilines is 1. The molecule has 1 saturated heterocycles. The van der Waals surface area contributed by atoms with E-state index >= 15 is 0 Å². The molecule has 0 unspecified atom stereocenters. The van der Waals surface area contributed by atoms with Gasteiger partial charge in [0.1, 0.15) is 0 Å². The number of halogens is 1. The Morgan fingerprint density at radius 3 is 2.29 bits per heavy atom. The number of nitrogens with zero attached hydrogens (tertiary/aromatic N) is 2. The van der Waals surface area contributed by atoms with Crippen molar-refractivity contribution in [1.82, 2.24) is 10.2 Å². The standard InChI is InChI=1S/C23H28ClN3O4/c1-30-20-9-3-17(15-21(20)31-2)4-10-22(28)25-16-23(29)27-13-11-26(12-14-27)19-7-5-18(24)6-8-19/h3,5-9,15H,4,10-14,16H2,1-2H3,(H,25,28). The van der Waals surface area contributed by atoms with Crippen LogP contribution in [0.1, 0.15) is 12.0 Å². The molecule has 1 N–H and O–H groups in total. The molecule has 7 nitrogen and oxygen atoms in total. The first-order valence-corrected chi connectivity index (χ1v) is 10.6. The average Bonchev–Trinajstić information content (AvgIpc) is 2.81. The second-order valence-electron chi connectivity index (χ2n) is 7.31. The highest BCUT2D eigenvalue weighted by atomic mass is 35.5. The lowest BCUT2D eigenvalue weighted by molar-refractivity contribution is -0.133. The summed E-state index contributed by atoms with van der Waals surface area (Å²) in [7, 11) is 3.16. The van der Waals surface area contributed by atoms with Gasteiger partial charge in [-0.2, -0.15) is 0 Å². The number of rotatable bonds is 8. The van der Waals surface area contributed by atoms with Gasteiger partial charge in [0.2, 0.25) is 11.8 Å². The number of carbonyl (C=O) groups excluding carboxylic acids is 2. The number of aryl methyl sites for hydroxylation is 1. The normalized spacial score (nSPS) is 13.6. The van der Waals surface area contributed by atoms with Gasteiger partial charge in [-0.1, -0.05) is 17.7 Å². The molecule has 0 atom stereocenters. The first-order chi connectivity index (χ1) is 15.0. The van der Waals surface area contributed by atoms with Crippen LogP contribution in [-0.4, -0.2) is 63.7 Å². The minimum atomic E-state index is -0.150. The zero-order valence-electron chi connectivity index (χ0n) is 17.9. The number of hydrogen-bond acceptors (Lipinski definition) is 5. The topological polar surface area (TPSA) is 71.1 Å². The molecule has 166 valence electrons. The van der Waals surface area contributed by atoms with E-state index in [0.717, 1.165) is 24.3 Å². The first kappa shape index (κ1) is 22.7. The molecule has 0 spiro atoms. The number of hydrogen-bond donors (Lipinski definition) is 1. The van der Waals surface area contributed by atoms with Crippen molar-refractivity contribution in [2.75, 3.05) is 51.8 Å². The van der Waals surface area contributed by atoms with E-state index in [1.54, 1.807) is 19.1 Å². The lowest BCUT2D eigenvalue weighted by Gasteiger charge is -2.36. The van der Waals surface area contributed by atoms with E-state index in [2.05, 4.69) is 10.2 Å². The molecule has 0 aliphatic carbocycles. The van der Waals surface area contributed by atoms with E-state index in [0.29, 0.717) is 42.5 Å². The Labute approximate surface area is 187 Å². The molecule has 2 amide bonds. The van der Waals surface area contributed by atoms with Gasteiger partial charge in [0.05, 0.1) is 20.8 Å². The molecule has 1 heterocycles. The molecule has 1 aliphatic rings. The highest BCUT2D eigenvalue weighted by Crippen LogP contribution is 2.28. The smallest absolute Gasteiger partial charge is 0.242 e. The van der Waals surface area contributed by atoms with Gasteiger partial charge in [0.15, 0.2) is 11.5 Å². The molecule has 2 aromatic carbocycles. The summed E-state index contributed by atoms with van der Waals surface area (Å²) in [6.45, 7) is 2.78. The Kier molecular flexibility index (Phi) is 8.00. The third kappa shape index (κ3) is 6.28. The fourth-order valence-corrected chi connectivity index (χ4v) is 3.66. The van der Waals surface area contributed by atoms with Crippen LogP contribution in [0.15, 0.2) is 42.5 Å². The number of carbonyl (C=O) groups is 2. The second-order valence-corrected chi connectivity index (χ2v) is 7.75. The van der Waals surface area contributed by atoms with Gasteiger partial charge in [-0.3, -0.25) is 9.59 Å². The Hall–Kier alpha value is -2.93. The van der Waals surface area contributed by atoms with Crippen molar-refractivity contribution in [1.29, 1.82) is 0 Å². The highest BCUT2D eigenvalue weighted by molar-refractivity contribution is 6.30. The molecule has 31 heavy (non-hydrogen) atoms. The summed E-state index contributed by atoms with van der Waals surface area (Å²) in [5.41, 5.74) is 2.07. The van der Waals surface area contributed by atoms with Gasteiger partial charge in [0.25, 0.3) is 0 Å². The van der Waals surface area contributed by atoms with Gasteiger partial charge in [0, 0.05) is 43.3 Å². The van der Waals surface area contributed by atoms with E-state index in [4.69, 9.17) is 21.1 Å². The van der Waals surface area contributed by atoms with Crippen LogP contribution in [0.5, 0.6) is 11.5 Å². The maximum atomic E-state index is 12.5. The minimum Gasteiger partial charge on any atom is -0.493 e. The summed E-state index contributed by atoms with van der Waals surface area (Å²) in [6.07, 6.45) is 0.854. The molecular weight excluding hydrogens is 418 g/mol. The van der Waals surface area contributed by atoms with Crippen molar-refractivity contribution in [2.45, 2.75) is 12.8 Å². The predicted molar refractivity (Wildman–Crippen MR) is 121 cm³/mol. The Bertz CT molecular complexity index is 896. The van der Waals surface area contributed by atoms with Crippen LogP contribution in [0.2, 0.25) is 5.02 Å². The number of amides is 2. The van der Waals surface area contributed by atoms with E-state index < -0.39 is 0 Å². The van der Waals surface area contributed by atoms with Crippen LogP contribution >= 0.6 is 11.6 Å². The molecular formula is C23H28ClN3O4. The SMILES string of the molecule is COc1ccc(CCC(=O)NCC(=O)N2CCN(c3ccc(Cl)cc3)CC2)cc1OC. The van der Waals surface area contributed by atoms with Gasteiger partial charge in [-0.25, -0.2) is 0 Å². The van der Waals surface area contributed by atoms with E-state index in [9.17, 15) is 9.59 Å². The fourth-order valence-electron chi connectivity index (χ4n) is 3.53. The van der Waals surface area contributed by atoms with E-state index in [1.165, 1.54) is 0 Å². The number of ether oxygens (including phenoxy) is 2. The highest BCUT2D eigenvalue weighted by Gasteiger charge is 2.21. The third-order valence-electron chi connectivity index (χ3n) is 5.35. The summed E-state index contributed by atoms with van der Waals surface area (Å²) < 4.78 is 10.5. The van der Waals surface area contributed by atoms with Crippen molar-refractivity contribution in [2.24, 2.45) is 0 Å². The molecule has 2 aromatic rings. The Balaban J connectivity index is 1.39. The maximum absolute atomic E-state index is 12.5. The first-order valence-electron chi connectivity index (χ1n) is 10.3. The largest absolute Gasteiger partial charge is 0.493 e. The van der Waals surface area contributed by atoms with Crippen molar-refractivity contribution >= 4 is 29.1 Å². The summed E-state index contributed by atoms with van der Waals surface area (Å²) in [6, 6.07) is 13.3. The quantitative estimate of drug-likeness (QED) is 0.676. The number of piperazine rings is 1. The van der Waals surface area contributed by atoms with Crippen LogP contribution in [0.4, 0.5) is 5.69 Å². The van der Waals surface area contributed by atoms with E-state index in [-0.39, 0.29) is 18.4 Å². The number of methoxy groups -OCH3 is 2. The Morgan fingerprint density at radius 1 is 0.968 bits per heavy atom. The second kappa shape index (κ2) is 10.9. The van der Waals surface area contributed by atoms with Crippen LogP contribution in [0.3, 0.4) is 0 Å². The minimum absolute atomic E-state index is 0.0196. The third-order valence-corrected chi connectivity index (χ3v) is 5.60. The molecule has 8 heteroatoms. The van der Waals surface area contributed by atoms with Gasteiger partial charge < -0.3 is 24.6 Å². The predicted octanol–water partition coefficient (Wildman–Crippen LogP) is 2.75. The number of benzene rings is 2. The van der Waals surface area contributed by atoms with Crippen molar-refractivity contribution in [3.05, 3.63) is 53.1 Å². The van der Waals surface area contributed by atoms with Crippen molar-refractivity contribution < 1.29 is 19.1 Å². The lowest BCUT2D eigenvalue weighted by Crippen LogP contribution is -2.51. The van der Waals surface area contributed by atoms with Gasteiger partial charge in [-0.15, -0.1) is 0 Å². The average molecular weight is 446 g/mol. The molecule has 0 radical (unpaired) electrons. The summed E-state index contributed by atoms with van der Waals surface area (Å²) >= 11 is 5.94. The molecule has 1 aliphatic heterocycles. The van der Waals surface area contributed by atoms with Crippen LogP contribution in [0, 0.1) is 0 Å². The fraction of sp³-hybridized carbons (Fsp3) is 0.391. The Morgan fingerprint density at radius 2 is 1.65 bits per heavy atom. The summed E-state index contributed by atoms with van der Waals surface area (Å²) in [5, 5.41) is 3.44. The van der Waals surface area contributed by atoms with Crippen LogP contribution in [-0.2, 0) is 16.0 Å². The molecule has 0 aromatic heterocycles. The monoisotopic (exact) mass is 445 g/mol. The number of nitrogens with one attached hydrogen (secondary N) is 1. The lowest BCUT2D eigenvalue weighted by atomic mass is 10.1. The zero-order chi connectivity index (χ0) is 22.2. The molecule has 0 bridgehead atoms. The van der Waals surface area contributed by atoms with Crippen LogP contribution < -0.4 is 19.7 Å². The van der Waals surface area contributed by atoms with Crippen molar-refractivity contribution in [3.8, 4) is 11.5 Å². The maximum Gasteiger partial charge on any atom is 0.242 e. The molecule has 0 saturated carbocycles. The zero-order valence-corrected chi connectivity index (χ0v) is 18.7. The van der Waals surface area contributed by atoms with Crippen LogP contribution in [0.25, 0.3) is 0 Å². The summed E-state index contributed by atoms with van der Waals surface area (Å²) in [5.74, 6) is 1.07. The van der Waals surface area contributed by atoms with E-state index in [1.807, 2.05) is 42.5 Å². The van der Waals surface area contributed by atoms with Gasteiger partial charge >= 0.3 is 0 Å². The molecule has 3 rings (SSSR count). The van der Waals surface area contributed by atoms with Gasteiger partial charge in [-0.05, 0) is 48.4 Å². The summed E-state index contributed by atoms with van der Waals surface area (Å²) in [4.78, 5) is 28.7. The molecule has 1 fully saturated rings.